The van der Waals surface area contributed by atoms with E-state index >= 15 is 0 Å². The van der Waals surface area contributed by atoms with Gasteiger partial charge in [-0.15, -0.1) is 0 Å². The van der Waals surface area contributed by atoms with E-state index in [0.717, 1.165) is 43.9 Å². The van der Waals surface area contributed by atoms with Crippen LogP contribution in [0.3, 0.4) is 0 Å². The number of nitrogens with one attached hydrogen (secondary N) is 1. The van der Waals surface area contributed by atoms with Gasteiger partial charge >= 0.3 is 0 Å². The largest absolute Gasteiger partial charge is 0.381 e. The lowest BCUT2D eigenvalue weighted by Gasteiger charge is -2.30. The van der Waals surface area contributed by atoms with Gasteiger partial charge in [-0.2, -0.15) is 5.10 Å². The highest BCUT2D eigenvalue weighted by Crippen LogP contribution is 2.29. The Labute approximate surface area is 141 Å². The van der Waals surface area contributed by atoms with E-state index < -0.39 is 0 Å². The molecule has 1 aliphatic heterocycles. The van der Waals surface area contributed by atoms with E-state index in [4.69, 9.17) is 4.74 Å². The van der Waals surface area contributed by atoms with E-state index in [1.54, 1.807) is 0 Å². The number of ether oxygens (including phenoxy) is 1. The summed E-state index contributed by atoms with van der Waals surface area (Å²) in [6.45, 7) is 2.45. The fourth-order valence-electron chi connectivity index (χ4n) is 3.54. The van der Waals surface area contributed by atoms with E-state index in [9.17, 15) is 0 Å². The summed E-state index contributed by atoms with van der Waals surface area (Å²) in [5.41, 5.74) is 2.36. The van der Waals surface area contributed by atoms with Crippen molar-refractivity contribution in [2.75, 3.05) is 13.2 Å². The van der Waals surface area contributed by atoms with Crippen molar-refractivity contribution >= 4 is 5.52 Å². The maximum Gasteiger partial charge on any atom is 0.125 e. The van der Waals surface area contributed by atoms with Gasteiger partial charge in [-0.25, -0.2) is 9.50 Å². The number of imidazole rings is 1. The molecule has 0 aliphatic carbocycles. The van der Waals surface area contributed by atoms with Crippen molar-refractivity contribution in [2.45, 2.75) is 25.4 Å². The second kappa shape index (κ2) is 6.75. The van der Waals surface area contributed by atoms with Crippen LogP contribution in [-0.4, -0.2) is 32.4 Å². The van der Waals surface area contributed by atoms with Crippen LogP contribution in [0.4, 0.5) is 0 Å². The number of hydrogen-bond acceptors (Lipinski definition) is 4. The molecule has 0 unspecified atom stereocenters. The summed E-state index contributed by atoms with van der Waals surface area (Å²) in [4.78, 5) is 4.59. The Morgan fingerprint density at radius 1 is 1.29 bits per heavy atom. The molecule has 1 N–H and O–H groups in total. The molecule has 0 aromatic carbocycles. The SMILES string of the molecule is Cn1ccnc1[C@H](NCc1cnn2ccccc12)C1CCOCC1. The normalized spacial score (nSPS) is 17.4. The van der Waals surface area contributed by atoms with Crippen LogP contribution in [0.25, 0.3) is 5.52 Å². The molecule has 0 spiro atoms. The highest BCUT2D eigenvalue weighted by Gasteiger charge is 2.28. The average molecular weight is 325 g/mol. The number of aryl methyl sites for hydroxylation is 1. The molecule has 6 nitrogen and oxygen atoms in total. The first-order valence-corrected chi connectivity index (χ1v) is 8.52. The predicted octanol–water partition coefficient (Wildman–Crippen LogP) is 2.33. The second-order valence-electron chi connectivity index (χ2n) is 6.40. The van der Waals surface area contributed by atoms with E-state index in [1.165, 1.54) is 5.56 Å². The van der Waals surface area contributed by atoms with Gasteiger partial charge in [-0.05, 0) is 30.9 Å². The van der Waals surface area contributed by atoms with Crippen LogP contribution in [0.2, 0.25) is 0 Å². The van der Waals surface area contributed by atoms with Crippen molar-refractivity contribution in [3.05, 3.63) is 54.4 Å². The third-order valence-electron chi connectivity index (χ3n) is 4.89. The lowest BCUT2D eigenvalue weighted by molar-refractivity contribution is 0.0518. The molecule has 3 aromatic rings. The Hall–Kier alpha value is -2.18. The Bertz CT molecular complexity index is 802. The number of pyridine rings is 1. The molecular weight excluding hydrogens is 302 g/mol. The Kier molecular flexibility index (Phi) is 4.32. The molecular formula is C18H23N5O. The van der Waals surface area contributed by atoms with Gasteiger partial charge in [0.2, 0.25) is 0 Å². The Morgan fingerprint density at radius 2 is 2.17 bits per heavy atom. The smallest absolute Gasteiger partial charge is 0.125 e. The summed E-state index contributed by atoms with van der Waals surface area (Å²) < 4.78 is 9.57. The topological polar surface area (TPSA) is 56.4 Å². The minimum absolute atomic E-state index is 0.229. The van der Waals surface area contributed by atoms with E-state index in [1.807, 2.05) is 35.4 Å². The molecule has 1 fully saturated rings. The minimum atomic E-state index is 0.229. The summed E-state index contributed by atoms with van der Waals surface area (Å²) in [7, 11) is 2.06. The first kappa shape index (κ1) is 15.4. The molecule has 24 heavy (non-hydrogen) atoms. The lowest BCUT2D eigenvalue weighted by atomic mass is 9.91. The summed E-state index contributed by atoms with van der Waals surface area (Å²) in [5.74, 6) is 1.64. The average Bonchev–Trinajstić information content (AvgIpc) is 3.23. The molecule has 1 atom stereocenters. The zero-order chi connectivity index (χ0) is 16.4. The van der Waals surface area contributed by atoms with Crippen LogP contribution in [0, 0.1) is 5.92 Å². The van der Waals surface area contributed by atoms with Crippen LogP contribution >= 0.6 is 0 Å². The number of fused-ring (bicyclic) bond motifs is 1. The van der Waals surface area contributed by atoms with Crippen molar-refractivity contribution in [3.8, 4) is 0 Å². The molecule has 6 heteroatoms. The monoisotopic (exact) mass is 325 g/mol. The zero-order valence-electron chi connectivity index (χ0n) is 13.9. The zero-order valence-corrected chi connectivity index (χ0v) is 13.9. The van der Waals surface area contributed by atoms with Gasteiger partial charge in [0.1, 0.15) is 5.82 Å². The molecule has 1 aliphatic rings. The van der Waals surface area contributed by atoms with E-state index in [2.05, 4.69) is 39.1 Å². The van der Waals surface area contributed by atoms with Crippen LogP contribution in [-0.2, 0) is 18.3 Å². The number of rotatable bonds is 5. The third kappa shape index (κ3) is 2.95. The molecule has 0 bridgehead atoms. The fraction of sp³-hybridized carbons (Fsp3) is 0.444. The molecule has 4 rings (SSSR count). The number of hydrogen-bond donors (Lipinski definition) is 1. The van der Waals surface area contributed by atoms with Gasteiger partial charge in [-0.3, -0.25) is 0 Å². The maximum atomic E-state index is 5.54. The van der Waals surface area contributed by atoms with Gasteiger partial charge in [0.25, 0.3) is 0 Å². The van der Waals surface area contributed by atoms with Crippen molar-refractivity contribution in [2.24, 2.45) is 13.0 Å². The van der Waals surface area contributed by atoms with Crippen molar-refractivity contribution < 1.29 is 4.74 Å². The maximum absolute atomic E-state index is 5.54. The molecule has 126 valence electrons. The number of aromatic nitrogens is 4. The summed E-state index contributed by atoms with van der Waals surface area (Å²) in [5, 5.41) is 8.16. The van der Waals surface area contributed by atoms with Crippen LogP contribution in [0.15, 0.2) is 43.0 Å². The highest BCUT2D eigenvalue weighted by atomic mass is 16.5. The van der Waals surface area contributed by atoms with Crippen molar-refractivity contribution in [1.82, 2.24) is 24.5 Å². The highest BCUT2D eigenvalue weighted by molar-refractivity contribution is 5.53. The molecule has 0 amide bonds. The quantitative estimate of drug-likeness (QED) is 0.782. The first-order chi connectivity index (χ1) is 11.8. The van der Waals surface area contributed by atoms with Crippen LogP contribution in [0.1, 0.15) is 30.3 Å². The molecule has 3 aromatic heterocycles. The second-order valence-corrected chi connectivity index (χ2v) is 6.40. The summed E-state index contributed by atoms with van der Waals surface area (Å²) in [6.07, 6.45) is 9.95. The predicted molar refractivity (Wildman–Crippen MR) is 91.5 cm³/mol. The van der Waals surface area contributed by atoms with E-state index in [-0.39, 0.29) is 6.04 Å². The minimum Gasteiger partial charge on any atom is -0.381 e. The Balaban J connectivity index is 1.56. The standard InChI is InChI=1S/C18H23N5O/c1-22-9-7-19-18(22)17(14-5-10-24-11-6-14)20-12-15-13-21-23-8-3-2-4-16(15)23/h2-4,7-9,13-14,17,20H,5-6,10-12H2,1H3/t17-/m1/s1. The molecule has 0 saturated carbocycles. The van der Waals surface area contributed by atoms with Crippen molar-refractivity contribution in [1.29, 1.82) is 0 Å². The molecule has 0 radical (unpaired) electrons. The third-order valence-corrected chi connectivity index (χ3v) is 4.89. The van der Waals surface area contributed by atoms with Gasteiger partial charge in [0, 0.05) is 51.0 Å². The fourth-order valence-corrected chi connectivity index (χ4v) is 3.54. The van der Waals surface area contributed by atoms with Gasteiger partial charge in [0.15, 0.2) is 0 Å². The molecule has 1 saturated heterocycles. The van der Waals surface area contributed by atoms with Crippen LogP contribution in [0.5, 0.6) is 0 Å². The van der Waals surface area contributed by atoms with E-state index in [0.29, 0.717) is 5.92 Å². The van der Waals surface area contributed by atoms with Gasteiger partial charge in [-0.1, -0.05) is 6.07 Å². The van der Waals surface area contributed by atoms with Crippen molar-refractivity contribution in [3.63, 3.8) is 0 Å². The van der Waals surface area contributed by atoms with Gasteiger partial charge in [0.05, 0.1) is 17.8 Å². The molecule has 4 heterocycles. The lowest BCUT2D eigenvalue weighted by Crippen LogP contribution is -2.33. The summed E-state index contributed by atoms with van der Waals surface area (Å²) in [6, 6.07) is 6.38. The Morgan fingerprint density at radius 3 is 2.96 bits per heavy atom. The summed E-state index contributed by atoms with van der Waals surface area (Å²) >= 11 is 0. The van der Waals surface area contributed by atoms with Gasteiger partial charge < -0.3 is 14.6 Å². The first-order valence-electron chi connectivity index (χ1n) is 8.52. The number of nitrogens with zero attached hydrogens (tertiary/aromatic N) is 4. The van der Waals surface area contributed by atoms with Crippen LogP contribution < -0.4 is 5.32 Å².